The number of urea groups is 1. The van der Waals surface area contributed by atoms with E-state index in [2.05, 4.69) is 10.6 Å². The molecule has 108 valence electrons. The van der Waals surface area contributed by atoms with Crippen LogP contribution in [0.1, 0.15) is 25.7 Å². The topological polar surface area (TPSA) is 122 Å². The number of nitrogens with two attached hydrogens (primary N) is 1. The first-order valence-corrected chi connectivity index (χ1v) is 7.22. The lowest BCUT2D eigenvalue weighted by Crippen LogP contribution is -2.52. The van der Waals surface area contributed by atoms with Gasteiger partial charge in [-0.05, 0) is 19.1 Å². The molecule has 3 amide bonds. The van der Waals surface area contributed by atoms with E-state index in [1.54, 1.807) is 11.8 Å². The molecule has 5 N–H and O–H groups in total. The fourth-order valence-corrected chi connectivity index (χ4v) is 2.79. The number of aliphatic carboxylic acids is 1. The lowest BCUT2D eigenvalue weighted by atomic mass is 9.84. The second-order valence-corrected chi connectivity index (χ2v) is 5.90. The third-order valence-corrected chi connectivity index (χ3v) is 4.70. The third-order valence-electron chi connectivity index (χ3n) is 3.28. The van der Waals surface area contributed by atoms with Gasteiger partial charge in [0, 0.05) is 11.3 Å². The largest absolute Gasteiger partial charge is 0.480 e. The molecule has 0 aromatic rings. The summed E-state index contributed by atoms with van der Waals surface area (Å²) in [6.45, 7) is 0.489. The predicted octanol–water partition coefficient (Wildman–Crippen LogP) is -0.100. The molecule has 1 rings (SSSR count). The molecule has 0 bridgehead atoms. The van der Waals surface area contributed by atoms with Crippen LogP contribution in [-0.2, 0) is 9.59 Å². The molecule has 0 aliphatic heterocycles. The highest BCUT2D eigenvalue weighted by molar-refractivity contribution is 8.00. The zero-order valence-electron chi connectivity index (χ0n) is 10.8. The van der Waals surface area contributed by atoms with E-state index in [0.717, 1.165) is 19.3 Å². The fourth-order valence-electron chi connectivity index (χ4n) is 1.88. The highest BCUT2D eigenvalue weighted by Crippen LogP contribution is 2.42. The van der Waals surface area contributed by atoms with Crippen molar-refractivity contribution in [3.05, 3.63) is 0 Å². The minimum Gasteiger partial charge on any atom is -0.480 e. The second kappa shape index (κ2) is 6.65. The number of rotatable bonds is 7. The molecule has 0 aromatic heterocycles. The van der Waals surface area contributed by atoms with Crippen molar-refractivity contribution in [1.29, 1.82) is 0 Å². The van der Waals surface area contributed by atoms with Crippen LogP contribution in [0.15, 0.2) is 0 Å². The van der Waals surface area contributed by atoms with Gasteiger partial charge in [0.25, 0.3) is 0 Å². The van der Waals surface area contributed by atoms with Gasteiger partial charge >= 0.3 is 12.0 Å². The zero-order valence-corrected chi connectivity index (χ0v) is 11.6. The van der Waals surface area contributed by atoms with Crippen molar-refractivity contribution < 1.29 is 19.5 Å². The number of thioether (sulfide) groups is 1. The maximum absolute atomic E-state index is 11.6. The molecule has 0 aromatic carbocycles. The summed E-state index contributed by atoms with van der Waals surface area (Å²) in [5.74, 6) is -2.05. The lowest BCUT2D eigenvalue weighted by Gasteiger charge is -2.40. The molecule has 1 fully saturated rings. The summed E-state index contributed by atoms with van der Waals surface area (Å²) in [4.78, 5) is 33.1. The highest BCUT2D eigenvalue weighted by atomic mass is 32.2. The summed E-state index contributed by atoms with van der Waals surface area (Å²) in [6.07, 6.45) is 4.79. The van der Waals surface area contributed by atoms with Gasteiger partial charge in [0.15, 0.2) is 0 Å². The smallest absolute Gasteiger partial charge is 0.326 e. The van der Waals surface area contributed by atoms with Crippen molar-refractivity contribution in [2.75, 3.05) is 12.8 Å². The Morgan fingerprint density at radius 2 is 2.05 bits per heavy atom. The molecule has 1 aliphatic carbocycles. The Labute approximate surface area is 115 Å². The van der Waals surface area contributed by atoms with Gasteiger partial charge < -0.3 is 21.5 Å². The Morgan fingerprint density at radius 3 is 2.42 bits per heavy atom. The Kier molecular flexibility index (Phi) is 5.46. The van der Waals surface area contributed by atoms with E-state index in [1.165, 1.54) is 0 Å². The van der Waals surface area contributed by atoms with Crippen LogP contribution < -0.4 is 16.4 Å². The van der Waals surface area contributed by atoms with Crippen LogP contribution in [-0.4, -0.2) is 46.6 Å². The molecular weight excluding hydrogens is 270 g/mol. The van der Waals surface area contributed by atoms with E-state index < -0.39 is 30.4 Å². The van der Waals surface area contributed by atoms with E-state index >= 15 is 0 Å². The van der Waals surface area contributed by atoms with Gasteiger partial charge in [0.1, 0.15) is 6.04 Å². The molecule has 0 heterocycles. The number of primary amides is 1. The fraction of sp³-hybridized carbons (Fsp3) is 0.727. The minimum atomic E-state index is -1.29. The first-order valence-electron chi connectivity index (χ1n) is 5.99. The first kappa shape index (κ1) is 15.6. The monoisotopic (exact) mass is 289 g/mol. The third kappa shape index (κ3) is 4.62. The van der Waals surface area contributed by atoms with Gasteiger partial charge in [-0.3, -0.25) is 4.79 Å². The van der Waals surface area contributed by atoms with E-state index in [1.807, 2.05) is 6.26 Å². The van der Waals surface area contributed by atoms with Crippen LogP contribution >= 0.6 is 11.8 Å². The van der Waals surface area contributed by atoms with Crippen LogP contribution in [0.5, 0.6) is 0 Å². The van der Waals surface area contributed by atoms with Crippen LogP contribution in [0.4, 0.5) is 4.79 Å². The molecule has 0 radical (unpaired) electrons. The Balaban J connectivity index is 2.40. The molecule has 1 atom stereocenters. The number of carbonyl (C=O) groups is 3. The number of amides is 3. The Morgan fingerprint density at radius 1 is 1.42 bits per heavy atom. The second-order valence-electron chi connectivity index (χ2n) is 4.63. The van der Waals surface area contributed by atoms with Crippen molar-refractivity contribution in [3.63, 3.8) is 0 Å². The van der Waals surface area contributed by atoms with Crippen molar-refractivity contribution >= 4 is 29.7 Å². The Hall–Kier alpha value is -1.44. The van der Waals surface area contributed by atoms with Gasteiger partial charge in [0.2, 0.25) is 5.91 Å². The molecule has 19 heavy (non-hydrogen) atoms. The van der Waals surface area contributed by atoms with Crippen LogP contribution in [0.3, 0.4) is 0 Å². The standard InChI is InChI=1S/C11H19N3O4S/c1-19-11(3-2-4-11)6-13-10(18)14-7(9(16)17)5-8(12)15/h7H,2-6H2,1H3,(H2,12,15)(H,16,17)(H2,13,14,18). The molecule has 1 unspecified atom stereocenters. The SMILES string of the molecule is CSC1(CNC(=O)NC(CC(N)=O)C(=O)O)CCC1. The normalized spacial score (nSPS) is 17.9. The van der Waals surface area contributed by atoms with Gasteiger partial charge in [-0.15, -0.1) is 0 Å². The molecule has 0 spiro atoms. The number of hydrogen-bond acceptors (Lipinski definition) is 4. The van der Waals surface area contributed by atoms with Gasteiger partial charge in [-0.1, -0.05) is 6.42 Å². The summed E-state index contributed by atoms with van der Waals surface area (Å²) in [5.41, 5.74) is 4.92. The van der Waals surface area contributed by atoms with E-state index in [-0.39, 0.29) is 4.75 Å². The maximum atomic E-state index is 11.6. The molecule has 8 heteroatoms. The molecule has 1 saturated carbocycles. The number of carboxylic acids is 1. The molecule has 0 saturated heterocycles. The van der Waals surface area contributed by atoms with E-state index in [4.69, 9.17) is 10.8 Å². The summed E-state index contributed by atoms with van der Waals surface area (Å²) >= 11 is 1.70. The minimum absolute atomic E-state index is 0.0692. The lowest BCUT2D eigenvalue weighted by molar-refractivity contribution is -0.140. The molecular formula is C11H19N3O4S. The Bertz CT molecular complexity index is 365. The summed E-state index contributed by atoms with van der Waals surface area (Å²) in [6, 6.07) is -1.88. The van der Waals surface area contributed by atoms with Gasteiger partial charge in [-0.25, -0.2) is 9.59 Å². The highest BCUT2D eigenvalue weighted by Gasteiger charge is 2.36. The van der Waals surface area contributed by atoms with Crippen molar-refractivity contribution in [1.82, 2.24) is 10.6 Å². The average molecular weight is 289 g/mol. The maximum Gasteiger partial charge on any atom is 0.326 e. The summed E-state index contributed by atoms with van der Waals surface area (Å²) in [5, 5.41) is 13.7. The van der Waals surface area contributed by atoms with E-state index in [9.17, 15) is 14.4 Å². The van der Waals surface area contributed by atoms with Gasteiger partial charge in [-0.2, -0.15) is 11.8 Å². The molecule has 7 nitrogen and oxygen atoms in total. The average Bonchev–Trinajstić information content (AvgIpc) is 2.26. The van der Waals surface area contributed by atoms with Crippen LogP contribution in [0.2, 0.25) is 0 Å². The van der Waals surface area contributed by atoms with Crippen molar-refractivity contribution in [3.8, 4) is 0 Å². The number of hydrogen-bond donors (Lipinski definition) is 4. The predicted molar refractivity (Wildman–Crippen MR) is 71.9 cm³/mol. The number of carbonyl (C=O) groups excluding carboxylic acids is 2. The van der Waals surface area contributed by atoms with Crippen molar-refractivity contribution in [2.45, 2.75) is 36.5 Å². The summed E-state index contributed by atoms with van der Waals surface area (Å²) < 4.78 is 0.0692. The van der Waals surface area contributed by atoms with Gasteiger partial charge in [0.05, 0.1) is 6.42 Å². The summed E-state index contributed by atoms with van der Waals surface area (Å²) in [7, 11) is 0. The van der Waals surface area contributed by atoms with Crippen molar-refractivity contribution in [2.24, 2.45) is 5.73 Å². The zero-order chi connectivity index (χ0) is 14.5. The quantitative estimate of drug-likeness (QED) is 0.521. The number of carboxylic acid groups (broad SMARTS) is 1. The van der Waals surface area contributed by atoms with Crippen LogP contribution in [0, 0.1) is 0 Å². The van der Waals surface area contributed by atoms with Crippen LogP contribution in [0.25, 0.3) is 0 Å². The first-order chi connectivity index (χ1) is 8.88. The molecule has 1 aliphatic rings. The number of nitrogens with one attached hydrogen (secondary N) is 2. The van der Waals surface area contributed by atoms with E-state index in [0.29, 0.717) is 6.54 Å².